The molecule has 168 valence electrons. The zero-order valence-electron chi connectivity index (χ0n) is 17.4. The van der Waals surface area contributed by atoms with E-state index in [0.717, 1.165) is 12.1 Å². The molecule has 0 unspecified atom stereocenters. The number of carbonyl (C=O) groups is 2. The van der Waals surface area contributed by atoms with E-state index in [-0.39, 0.29) is 33.3 Å². The summed E-state index contributed by atoms with van der Waals surface area (Å²) in [5, 5.41) is 11.6. The molecule has 0 aliphatic heterocycles. The van der Waals surface area contributed by atoms with Gasteiger partial charge < -0.3 is 19.9 Å². The minimum absolute atomic E-state index is 0.0563. The molecule has 1 heterocycles. The topological polar surface area (TPSA) is 97.8 Å². The van der Waals surface area contributed by atoms with Crippen LogP contribution in [0.2, 0.25) is 10.0 Å². The number of carboxylic acid groups (broad SMARTS) is 1. The number of nitrogens with zero attached hydrogens (tertiary/aromatic N) is 1. The third kappa shape index (κ3) is 6.70. The number of pyridine rings is 1. The molecule has 2 N–H and O–H groups in total. The lowest BCUT2D eigenvalue weighted by Gasteiger charge is -2.18. The number of carboxylic acids is 1. The number of ether oxygens (including phenoxy) is 2. The van der Waals surface area contributed by atoms with Gasteiger partial charge in [-0.3, -0.25) is 4.79 Å². The van der Waals surface area contributed by atoms with Gasteiger partial charge >= 0.3 is 5.97 Å². The van der Waals surface area contributed by atoms with Crippen LogP contribution in [0.4, 0.5) is 4.39 Å². The highest BCUT2D eigenvalue weighted by Crippen LogP contribution is 2.34. The first-order valence-corrected chi connectivity index (χ1v) is 10.2. The second kappa shape index (κ2) is 10.6. The Morgan fingerprint density at radius 2 is 1.84 bits per heavy atom. The summed E-state index contributed by atoms with van der Waals surface area (Å²) in [5.74, 6) is -2.80. The maximum Gasteiger partial charge on any atom is 0.326 e. The van der Waals surface area contributed by atoms with Crippen LogP contribution >= 0.6 is 23.2 Å². The molecule has 0 radical (unpaired) electrons. The molecule has 10 heteroatoms. The minimum Gasteiger partial charge on any atom is -0.480 e. The van der Waals surface area contributed by atoms with Crippen LogP contribution in [0.1, 0.15) is 38.1 Å². The Labute approximate surface area is 189 Å². The number of rotatable bonds is 9. The maximum atomic E-state index is 14.5. The predicted molar refractivity (Wildman–Crippen MR) is 115 cm³/mol. The lowest BCUT2D eigenvalue weighted by Crippen LogP contribution is -2.44. The van der Waals surface area contributed by atoms with E-state index in [2.05, 4.69) is 10.3 Å². The van der Waals surface area contributed by atoms with Crippen LogP contribution in [0.3, 0.4) is 0 Å². The van der Waals surface area contributed by atoms with E-state index in [1.165, 1.54) is 12.3 Å². The van der Waals surface area contributed by atoms with E-state index in [4.69, 9.17) is 32.7 Å². The molecule has 31 heavy (non-hydrogen) atoms. The first-order chi connectivity index (χ1) is 14.5. The highest BCUT2D eigenvalue weighted by Gasteiger charge is 2.26. The summed E-state index contributed by atoms with van der Waals surface area (Å²) in [6.45, 7) is 7.65. The Hall–Kier alpha value is -2.58. The van der Waals surface area contributed by atoms with E-state index < -0.39 is 35.2 Å². The Balaban J connectivity index is 2.19. The van der Waals surface area contributed by atoms with Gasteiger partial charge in [-0.15, -0.1) is 0 Å². The number of nitrogens with one attached hydrogen (secondary N) is 1. The summed E-state index contributed by atoms with van der Waals surface area (Å²) < 4.78 is 25.6. The largest absolute Gasteiger partial charge is 0.480 e. The summed E-state index contributed by atoms with van der Waals surface area (Å²) in [7, 11) is 0. The Morgan fingerprint density at radius 3 is 2.39 bits per heavy atom. The van der Waals surface area contributed by atoms with E-state index in [1.54, 1.807) is 13.8 Å². The van der Waals surface area contributed by atoms with Gasteiger partial charge in [0.1, 0.15) is 28.4 Å². The van der Waals surface area contributed by atoms with Crippen molar-refractivity contribution in [3.8, 4) is 17.4 Å². The summed E-state index contributed by atoms with van der Waals surface area (Å²) in [5.41, 5.74) is -0.405. The van der Waals surface area contributed by atoms with E-state index in [0.29, 0.717) is 6.61 Å². The third-order valence-electron chi connectivity index (χ3n) is 4.05. The van der Waals surface area contributed by atoms with Crippen LogP contribution in [0, 0.1) is 17.7 Å². The predicted octanol–water partition coefficient (Wildman–Crippen LogP) is 5.19. The van der Waals surface area contributed by atoms with Crippen molar-refractivity contribution in [2.24, 2.45) is 11.8 Å². The Kier molecular flexibility index (Phi) is 8.47. The average molecular weight is 473 g/mol. The molecule has 0 fully saturated rings. The van der Waals surface area contributed by atoms with Gasteiger partial charge in [-0.1, -0.05) is 50.9 Å². The summed E-state index contributed by atoms with van der Waals surface area (Å²) >= 11 is 12.3. The fourth-order valence-electron chi connectivity index (χ4n) is 2.46. The lowest BCUT2D eigenvalue weighted by molar-refractivity contribution is -0.140. The molecular formula is C21H23Cl2FN2O5. The molecular weight excluding hydrogens is 450 g/mol. The van der Waals surface area contributed by atoms with Gasteiger partial charge in [0, 0.05) is 12.1 Å². The Morgan fingerprint density at radius 1 is 1.16 bits per heavy atom. The summed E-state index contributed by atoms with van der Waals surface area (Å²) in [4.78, 5) is 27.7. The molecule has 0 aliphatic rings. The van der Waals surface area contributed by atoms with Crippen LogP contribution in [0.25, 0.3) is 0 Å². The summed E-state index contributed by atoms with van der Waals surface area (Å²) in [6, 6.07) is 2.26. The van der Waals surface area contributed by atoms with Crippen LogP contribution in [-0.2, 0) is 4.79 Å². The molecule has 1 aromatic heterocycles. The molecule has 2 rings (SSSR count). The van der Waals surface area contributed by atoms with E-state index in [9.17, 15) is 19.1 Å². The average Bonchev–Trinajstić information content (AvgIpc) is 2.67. The molecule has 0 saturated heterocycles. The van der Waals surface area contributed by atoms with Crippen LogP contribution in [0.15, 0.2) is 24.4 Å². The van der Waals surface area contributed by atoms with E-state index in [1.807, 2.05) is 13.8 Å². The van der Waals surface area contributed by atoms with Gasteiger partial charge in [-0.25, -0.2) is 14.2 Å². The number of aliphatic carboxylic acids is 1. The second-order valence-corrected chi connectivity index (χ2v) is 8.38. The van der Waals surface area contributed by atoms with Gasteiger partial charge in [0.05, 0.1) is 23.4 Å². The molecule has 1 aromatic carbocycles. The Bertz CT molecular complexity index is 969. The molecule has 7 nitrogen and oxygen atoms in total. The van der Waals surface area contributed by atoms with Crippen molar-refractivity contribution in [1.82, 2.24) is 10.3 Å². The number of hydrogen-bond donors (Lipinski definition) is 2. The van der Waals surface area contributed by atoms with Crippen molar-refractivity contribution >= 4 is 35.1 Å². The van der Waals surface area contributed by atoms with Crippen molar-refractivity contribution < 1.29 is 28.6 Å². The zero-order valence-corrected chi connectivity index (χ0v) is 18.9. The highest BCUT2D eigenvalue weighted by molar-refractivity contribution is 6.32. The summed E-state index contributed by atoms with van der Waals surface area (Å²) in [6.07, 6.45) is 1.34. The zero-order chi connectivity index (χ0) is 23.3. The third-order valence-corrected chi connectivity index (χ3v) is 4.62. The minimum atomic E-state index is -1.22. The normalized spacial score (nSPS) is 12.0. The van der Waals surface area contributed by atoms with Gasteiger partial charge in [0.2, 0.25) is 5.88 Å². The quantitative estimate of drug-likeness (QED) is 0.520. The van der Waals surface area contributed by atoms with Gasteiger partial charge in [0.15, 0.2) is 0 Å². The first-order valence-electron chi connectivity index (χ1n) is 9.48. The second-order valence-electron chi connectivity index (χ2n) is 7.56. The van der Waals surface area contributed by atoms with Crippen LogP contribution in [-0.4, -0.2) is 34.6 Å². The number of hydrogen-bond acceptors (Lipinski definition) is 5. The molecule has 2 aromatic rings. The fraction of sp³-hybridized carbons (Fsp3) is 0.381. The molecule has 0 saturated carbocycles. The number of amides is 1. The van der Waals surface area contributed by atoms with E-state index >= 15 is 0 Å². The smallest absolute Gasteiger partial charge is 0.326 e. The lowest BCUT2D eigenvalue weighted by atomic mass is 10.0. The molecule has 1 amide bonds. The molecule has 0 aliphatic carbocycles. The van der Waals surface area contributed by atoms with Gasteiger partial charge in [-0.05, 0) is 17.9 Å². The molecule has 0 bridgehead atoms. The SMILES string of the molecule is CC(C)COc1ncc(Oc2cc(F)c(C(=O)N[C@H](C(=O)O)C(C)C)cc2Cl)cc1Cl. The molecule has 1 atom stereocenters. The first kappa shape index (κ1) is 24.7. The number of carbonyl (C=O) groups excluding carboxylic acids is 1. The van der Waals surface area contributed by atoms with Gasteiger partial charge in [0.25, 0.3) is 5.91 Å². The number of aromatic nitrogens is 1. The number of halogens is 3. The number of benzene rings is 1. The van der Waals surface area contributed by atoms with Crippen molar-refractivity contribution in [1.29, 1.82) is 0 Å². The van der Waals surface area contributed by atoms with Crippen LogP contribution < -0.4 is 14.8 Å². The van der Waals surface area contributed by atoms with Crippen molar-refractivity contribution in [2.75, 3.05) is 6.61 Å². The van der Waals surface area contributed by atoms with Crippen molar-refractivity contribution in [2.45, 2.75) is 33.7 Å². The van der Waals surface area contributed by atoms with Crippen molar-refractivity contribution in [3.63, 3.8) is 0 Å². The molecule has 0 spiro atoms. The van der Waals surface area contributed by atoms with Gasteiger partial charge in [-0.2, -0.15) is 0 Å². The van der Waals surface area contributed by atoms with Crippen LogP contribution in [0.5, 0.6) is 17.4 Å². The fourth-order valence-corrected chi connectivity index (χ4v) is 2.87. The monoisotopic (exact) mass is 472 g/mol. The maximum absolute atomic E-state index is 14.5. The highest BCUT2D eigenvalue weighted by atomic mass is 35.5. The standard InChI is InChI=1S/C21H23Cl2FN2O5/c1-10(2)9-30-20-15(23)5-12(8-25-20)31-17-7-16(24)13(6-14(17)22)19(27)26-18(11(3)4)21(28)29/h5-8,10-11,18H,9H2,1-4H3,(H,26,27)(H,28,29)/t18-/m0/s1. The van der Waals surface area contributed by atoms with Crippen molar-refractivity contribution in [3.05, 3.63) is 45.8 Å².